The molecule has 0 bridgehead atoms. The molecule has 1 aromatic rings. The standard InChI is InChI=1S/C11H16N2S/c1-10-5-9-14-11(10)4-8-13(2)7-3-6-12/h5,9H,3-4,7-8H2,1-2H3. The van der Waals surface area contributed by atoms with Gasteiger partial charge in [-0.1, -0.05) is 0 Å². The molecule has 0 radical (unpaired) electrons. The summed E-state index contributed by atoms with van der Waals surface area (Å²) in [6.45, 7) is 4.07. The van der Waals surface area contributed by atoms with Gasteiger partial charge in [-0.3, -0.25) is 0 Å². The summed E-state index contributed by atoms with van der Waals surface area (Å²) >= 11 is 1.82. The summed E-state index contributed by atoms with van der Waals surface area (Å²) in [6.07, 6.45) is 1.73. The van der Waals surface area contributed by atoms with Crippen molar-refractivity contribution in [2.24, 2.45) is 0 Å². The van der Waals surface area contributed by atoms with Crippen molar-refractivity contribution in [2.45, 2.75) is 19.8 Å². The fourth-order valence-corrected chi connectivity index (χ4v) is 2.20. The van der Waals surface area contributed by atoms with E-state index in [1.54, 1.807) is 0 Å². The van der Waals surface area contributed by atoms with Gasteiger partial charge in [0.05, 0.1) is 6.07 Å². The molecule has 2 nitrogen and oxygen atoms in total. The number of aryl methyl sites for hydroxylation is 1. The van der Waals surface area contributed by atoms with Gasteiger partial charge < -0.3 is 4.90 Å². The van der Waals surface area contributed by atoms with E-state index in [1.807, 2.05) is 11.3 Å². The van der Waals surface area contributed by atoms with Crippen LogP contribution >= 0.6 is 11.3 Å². The van der Waals surface area contributed by atoms with Crippen molar-refractivity contribution >= 4 is 11.3 Å². The van der Waals surface area contributed by atoms with E-state index in [1.165, 1.54) is 10.4 Å². The van der Waals surface area contributed by atoms with Crippen molar-refractivity contribution in [1.29, 1.82) is 5.26 Å². The van der Waals surface area contributed by atoms with E-state index in [0.29, 0.717) is 6.42 Å². The van der Waals surface area contributed by atoms with Crippen LogP contribution in [0.25, 0.3) is 0 Å². The molecule has 0 aromatic carbocycles. The Kier molecular flexibility index (Phi) is 4.64. The van der Waals surface area contributed by atoms with Gasteiger partial charge >= 0.3 is 0 Å². The minimum atomic E-state index is 0.625. The van der Waals surface area contributed by atoms with E-state index in [0.717, 1.165) is 19.5 Å². The zero-order valence-corrected chi connectivity index (χ0v) is 9.60. The summed E-state index contributed by atoms with van der Waals surface area (Å²) in [6, 6.07) is 4.33. The van der Waals surface area contributed by atoms with Gasteiger partial charge in [0.15, 0.2) is 0 Å². The van der Waals surface area contributed by atoms with Crippen molar-refractivity contribution in [3.63, 3.8) is 0 Å². The number of nitrogens with zero attached hydrogens (tertiary/aromatic N) is 2. The molecule has 0 atom stereocenters. The molecule has 3 heteroatoms. The molecule has 0 amide bonds. The summed E-state index contributed by atoms with van der Waals surface area (Å²) in [5.41, 5.74) is 1.39. The molecular weight excluding hydrogens is 192 g/mol. The number of thiophene rings is 1. The van der Waals surface area contributed by atoms with Crippen LogP contribution in [0.1, 0.15) is 16.9 Å². The van der Waals surface area contributed by atoms with E-state index in [4.69, 9.17) is 5.26 Å². The number of rotatable bonds is 5. The molecule has 0 saturated carbocycles. The smallest absolute Gasteiger partial charge is 0.0635 e. The van der Waals surface area contributed by atoms with Crippen LogP contribution in [0, 0.1) is 18.3 Å². The third kappa shape index (κ3) is 3.49. The predicted octanol–water partition coefficient (Wildman–Crippen LogP) is 2.44. The molecule has 0 fully saturated rings. The fraction of sp³-hybridized carbons (Fsp3) is 0.545. The van der Waals surface area contributed by atoms with Crippen molar-refractivity contribution in [1.82, 2.24) is 4.90 Å². The van der Waals surface area contributed by atoms with Crippen LogP contribution < -0.4 is 0 Å². The number of nitriles is 1. The number of likely N-dealkylation sites (N-methyl/N-ethyl adjacent to an activating group) is 1. The van der Waals surface area contributed by atoms with E-state index in [9.17, 15) is 0 Å². The van der Waals surface area contributed by atoms with Crippen LogP contribution in [-0.2, 0) is 6.42 Å². The molecule has 0 N–H and O–H groups in total. The second-order valence-corrected chi connectivity index (χ2v) is 4.49. The average molecular weight is 208 g/mol. The first-order chi connectivity index (χ1) is 6.74. The summed E-state index contributed by atoms with van der Waals surface area (Å²) in [7, 11) is 2.07. The maximum atomic E-state index is 8.44. The first-order valence-electron chi connectivity index (χ1n) is 4.82. The highest BCUT2D eigenvalue weighted by Crippen LogP contribution is 2.16. The second kappa shape index (κ2) is 5.79. The first-order valence-corrected chi connectivity index (χ1v) is 5.70. The van der Waals surface area contributed by atoms with Crippen LogP contribution in [0.3, 0.4) is 0 Å². The Bertz CT molecular complexity index is 311. The molecule has 1 aromatic heterocycles. The topological polar surface area (TPSA) is 27.0 Å². The van der Waals surface area contributed by atoms with Gasteiger partial charge in [-0.15, -0.1) is 11.3 Å². The van der Waals surface area contributed by atoms with E-state index in [-0.39, 0.29) is 0 Å². The minimum absolute atomic E-state index is 0.625. The maximum Gasteiger partial charge on any atom is 0.0635 e. The summed E-state index contributed by atoms with van der Waals surface area (Å²) < 4.78 is 0. The lowest BCUT2D eigenvalue weighted by Gasteiger charge is -2.13. The Balaban J connectivity index is 2.27. The highest BCUT2D eigenvalue weighted by molar-refractivity contribution is 7.10. The normalized spacial score (nSPS) is 10.4. The lowest BCUT2D eigenvalue weighted by molar-refractivity contribution is 0.347. The van der Waals surface area contributed by atoms with Gasteiger partial charge in [-0.05, 0) is 37.4 Å². The van der Waals surface area contributed by atoms with Crippen LogP contribution in [-0.4, -0.2) is 25.0 Å². The largest absolute Gasteiger partial charge is 0.305 e. The van der Waals surface area contributed by atoms with Crippen molar-refractivity contribution in [3.8, 4) is 6.07 Å². The summed E-state index contributed by atoms with van der Waals surface area (Å²) in [5, 5.41) is 10.6. The number of hydrogen-bond acceptors (Lipinski definition) is 3. The van der Waals surface area contributed by atoms with Crippen LogP contribution in [0.2, 0.25) is 0 Å². The Hall–Kier alpha value is -0.850. The Morgan fingerprint density at radius 3 is 2.86 bits per heavy atom. The molecule has 0 saturated heterocycles. The van der Waals surface area contributed by atoms with Crippen molar-refractivity contribution in [3.05, 3.63) is 21.9 Å². The van der Waals surface area contributed by atoms with Gasteiger partial charge in [0.2, 0.25) is 0 Å². The lowest BCUT2D eigenvalue weighted by Crippen LogP contribution is -2.22. The van der Waals surface area contributed by atoms with Crippen molar-refractivity contribution in [2.75, 3.05) is 20.1 Å². The summed E-state index contributed by atoms with van der Waals surface area (Å²) in [5.74, 6) is 0. The monoisotopic (exact) mass is 208 g/mol. The quantitative estimate of drug-likeness (QED) is 0.743. The maximum absolute atomic E-state index is 8.44. The molecule has 14 heavy (non-hydrogen) atoms. The SMILES string of the molecule is Cc1ccsc1CCN(C)CCC#N. The van der Waals surface area contributed by atoms with Gasteiger partial charge in [0.25, 0.3) is 0 Å². The molecule has 1 heterocycles. The lowest BCUT2D eigenvalue weighted by atomic mass is 10.2. The average Bonchev–Trinajstić information content (AvgIpc) is 2.58. The highest BCUT2D eigenvalue weighted by atomic mass is 32.1. The van der Waals surface area contributed by atoms with Gasteiger partial charge in [-0.2, -0.15) is 5.26 Å². The van der Waals surface area contributed by atoms with Crippen LogP contribution in [0.4, 0.5) is 0 Å². The first kappa shape index (κ1) is 11.2. The highest BCUT2D eigenvalue weighted by Gasteiger charge is 2.02. The predicted molar refractivity (Wildman–Crippen MR) is 60.5 cm³/mol. The molecule has 0 unspecified atom stereocenters. The molecule has 0 aliphatic heterocycles. The zero-order chi connectivity index (χ0) is 10.4. The molecule has 0 aliphatic carbocycles. The van der Waals surface area contributed by atoms with Crippen molar-refractivity contribution < 1.29 is 0 Å². The van der Waals surface area contributed by atoms with Crippen LogP contribution in [0.5, 0.6) is 0 Å². The van der Waals surface area contributed by atoms with Gasteiger partial charge in [-0.25, -0.2) is 0 Å². The van der Waals surface area contributed by atoms with Gasteiger partial charge in [0.1, 0.15) is 0 Å². The third-order valence-electron chi connectivity index (χ3n) is 2.29. The van der Waals surface area contributed by atoms with E-state index < -0.39 is 0 Å². The fourth-order valence-electron chi connectivity index (χ4n) is 1.31. The molecule has 1 rings (SSSR count). The van der Waals surface area contributed by atoms with E-state index >= 15 is 0 Å². The number of hydrogen-bond donors (Lipinski definition) is 0. The van der Waals surface area contributed by atoms with Crippen LogP contribution in [0.15, 0.2) is 11.4 Å². The molecule has 76 valence electrons. The zero-order valence-electron chi connectivity index (χ0n) is 8.79. The van der Waals surface area contributed by atoms with E-state index in [2.05, 4.69) is 36.4 Å². The Morgan fingerprint density at radius 1 is 1.50 bits per heavy atom. The Morgan fingerprint density at radius 2 is 2.29 bits per heavy atom. The van der Waals surface area contributed by atoms with Gasteiger partial charge in [0, 0.05) is 24.4 Å². The Labute approximate surface area is 89.8 Å². The molecule has 0 aliphatic rings. The second-order valence-electron chi connectivity index (χ2n) is 3.49. The summed E-state index contributed by atoms with van der Waals surface area (Å²) in [4.78, 5) is 3.68. The third-order valence-corrected chi connectivity index (χ3v) is 3.38. The minimum Gasteiger partial charge on any atom is -0.305 e. The molecular formula is C11H16N2S. The molecule has 0 spiro atoms.